The van der Waals surface area contributed by atoms with Crippen molar-refractivity contribution in [2.75, 3.05) is 0 Å². The SMILES string of the molecule is O=C(NC1CCCCC1)C(=O)[C@H](C[C@@H]1CCCC1=O)NC(=O)[C@@H](CC(=O)c1cc2ccccc2[nH]1)CC1CCC1. The zero-order valence-corrected chi connectivity index (χ0v) is 23.2. The molecule has 0 bridgehead atoms. The lowest BCUT2D eigenvalue weighted by Crippen LogP contribution is -2.52. The highest BCUT2D eigenvalue weighted by Gasteiger charge is 2.37. The van der Waals surface area contributed by atoms with Crippen LogP contribution in [-0.4, -0.2) is 46.2 Å². The lowest BCUT2D eigenvalue weighted by Gasteiger charge is -2.30. The van der Waals surface area contributed by atoms with E-state index in [1.165, 1.54) is 0 Å². The van der Waals surface area contributed by atoms with Crippen LogP contribution in [0.4, 0.5) is 0 Å². The molecule has 214 valence electrons. The number of rotatable bonds is 12. The number of aromatic nitrogens is 1. The van der Waals surface area contributed by atoms with Gasteiger partial charge in [0.25, 0.3) is 5.91 Å². The number of H-pyrrole nitrogens is 1. The van der Waals surface area contributed by atoms with Crippen molar-refractivity contribution in [3.63, 3.8) is 0 Å². The van der Waals surface area contributed by atoms with Gasteiger partial charge in [-0.15, -0.1) is 0 Å². The first-order valence-electron chi connectivity index (χ1n) is 15.2. The van der Waals surface area contributed by atoms with Gasteiger partial charge >= 0.3 is 0 Å². The second kappa shape index (κ2) is 12.9. The van der Waals surface area contributed by atoms with E-state index >= 15 is 0 Å². The summed E-state index contributed by atoms with van der Waals surface area (Å²) in [4.78, 5) is 69.0. The Kier molecular flexibility index (Phi) is 9.12. The van der Waals surface area contributed by atoms with Crippen LogP contribution in [0.5, 0.6) is 0 Å². The number of ketones is 3. The maximum atomic E-state index is 13.7. The van der Waals surface area contributed by atoms with Crippen LogP contribution in [0, 0.1) is 17.8 Å². The Morgan fingerprint density at radius 1 is 0.900 bits per heavy atom. The largest absolute Gasteiger partial charge is 0.352 e. The molecule has 40 heavy (non-hydrogen) atoms. The summed E-state index contributed by atoms with van der Waals surface area (Å²) in [7, 11) is 0. The van der Waals surface area contributed by atoms with Crippen molar-refractivity contribution >= 4 is 40.1 Å². The van der Waals surface area contributed by atoms with Crippen LogP contribution in [0.15, 0.2) is 30.3 Å². The summed E-state index contributed by atoms with van der Waals surface area (Å²) in [6.07, 6.45) is 10.6. The monoisotopic (exact) mass is 547 g/mol. The second-order valence-electron chi connectivity index (χ2n) is 12.2. The number of nitrogens with one attached hydrogen (secondary N) is 3. The molecule has 3 atom stereocenters. The molecule has 3 aliphatic rings. The molecule has 0 saturated heterocycles. The summed E-state index contributed by atoms with van der Waals surface area (Å²) >= 11 is 0. The van der Waals surface area contributed by atoms with E-state index in [0.717, 1.165) is 68.7 Å². The Morgan fingerprint density at radius 2 is 1.68 bits per heavy atom. The predicted octanol–water partition coefficient (Wildman–Crippen LogP) is 4.81. The molecule has 0 spiro atoms. The Morgan fingerprint density at radius 3 is 2.35 bits per heavy atom. The Bertz CT molecular complexity index is 1220. The summed E-state index contributed by atoms with van der Waals surface area (Å²) in [5.74, 6) is -2.42. The van der Waals surface area contributed by atoms with Gasteiger partial charge in [-0.05, 0) is 56.6 Å². The van der Waals surface area contributed by atoms with Gasteiger partial charge in [0, 0.05) is 41.6 Å². The minimum Gasteiger partial charge on any atom is -0.352 e. The van der Waals surface area contributed by atoms with Crippen LogP contribution in [0.2, 0.25) is 0 Å². The number of hydrogen-bond donors (Lipinski definition) is 3. The molecule has 3 aliphatic carbocycles. The highest BCUT2D eigenvalue weighted by atomic mass is 16.2. The fourth-order valence-electron chi connectivity index (χ4n) is 6.58. The molecule has 0 radical (unpaired) electrons. The van der Waals surface area contributed by atoms with Crippen molar-refractivity contribution in [2.45, 2.75) is 102 Å². The predicted molar refractivity (Wildman–Crippen MR) is 152 cm³/mol. The summed E-state index contributed by atoms with van der Waals surface area (Å²) in [5, 5.41) is 6.66. The average Bonchev–Trinajstić information content (AvgIpc) is 3.55. The molecule has 1 heterocycles. The number of carbonyl (C=O) groups is 5. The molecule has 0 aliphatic heterocycles. The Labute approximate surface area is 235 Å². The molecular formula is C32H41N3O5. The Balaban J connectivity index is 1.30. The third-order valence-electron chi connectivity index (χ3n) is 9.22. The molecule has 3 N–H and O–H groups in total. The normalized spacial score (nSPS) is 21.5. The zero-order valence-electron chi connectivity index (χ0n) is 23.2. The van der Waals surface area contributed by atoms with Crippen LogP contribution in [-0.2, 0) is 19.2 Å². The number of aromatic amines is 1. The van der Waals surface area contributed by atoms with E-state index in [4.69, 9.17) is 0 Å². The quantitative estimate of drug-likeness (QED) is 0.260. The van der Waals surface area contributed by atoms with Gasteiger partial charge in [-0.3, -0.25) is 24.0 Å². The minimum absolute atomic E-state index is 0.0205. The highest BCUT2D eigenvalue weighted by Crippen LogP contribution is 2.34. The lowest BCUT2D eigenvalue weighted by molar-refractivity contribution is -0.141. The van der Waals surface area contributed by atoms with E-state index in [1.54, 1.807) is 0 Å². The van der Waals surface area contributed by atoms with Gasteiger partial charge in [0.2, 0.25) is 11.7 Å². The van der Waals surface area contributed by atoms with Crippen LogP contribution in [0.25, 0.3) is 10.9 Å². The average molecular weight is 548 g/mol. The van der Waals surface area contributed by atoms with Crippen molar-refractivity contribution in [1.82, 2.24) is 15.6 Å². The molecular weight excluding hydrogens is 506 g/mol. The molecule has 5 rings (SSSR count). The lowest BCUT2D eigenvalue weighted by atomic mass is 9.77. The molecule has 1 aromatic carbocycles. The molecule has 0 unspecified atom stereocenters. The van der Waals surface area contributed by atoms with E-state index in [1.807, 2.05) is 30.3 Å². The number of amides is 2. The number of fused-ring (bicyclic) bond motifs is 1. The fraction of sp³-hybridized carbons (Fsp3) is 0.594. The van der Waals surface area contributed by atoms with Gasteiger partial charge < -0.3 is 15.6 Å². The first kappa shape index (κ1) is 28.2. The molecule has 3 fully saturated rings. The van der Waals surface area contributed by atoms with Crippen LogP contribution < -0.4 is 10.6 Å². The molecule has 2 amide bonds. The maximum Gasteiger partial charge on any atom is 0.289 e. The number of hydrogen-bond acceptors (Lipinski definition) is 5. The smallest absolute Gasteiger partial charge is 0.289 e. The molecule has 1 aromatic heterocycles. The van der Waals surface area contributed by atoms with Gasteiger partial charge in [-0.25, -0.2) is 0 Å². The van der Waals surface area contributed by atoms with Crippen molar-refractivity contribution in [1.29, 1.82) is 0 Å². The van der Waals surface area contributed by atoms with Gasteiger partial charge in [0.05, 0.1) is 11.7 Å². The first-order chi connectivity index (χ1) is 19.4. The van der Waals surface area contributed by atoms with Gasteiger partial charge in [-0.1, -0.05) is 56.7 Å². The zero-order chi connectivity index (χ0) is 28.1. The maximum absolute atomic E-state index is 13.7. The van der Waals surface area contributed by atoms with Gasteiger partial charge in [0.1, 0.15) is 5.78 Å². The molecule has 8 heteroatoms. The van der Waals surface area contributed by atoms with Crippen molar-refractivity contribution in [3.8, 4) is 0 Å². The number of Topliss-reactive ketones (excluding diaryl/α,β-unsaturated/α-hetero) is 3. The third kappa shape index (κ3) is 6.88. The minimum atomic E-state index is -1.07. The standard InChI is InChI=1S/C32H41N3O5/c36-28-15-7-11-22(28)18-27(30(38)32(40)33-24-12-2-1-3-13-24)35-31(39)23(16-20-8-6-9-20)19-29(37)26-17-21-10-4-5-14-25(21)34-26/h4-5,10,14,17,20,22-24,27,34H,1-3,6-9,11-13,15-16,18-19H2,(H,33,40)(H,35,39)/t22-,23+,27-/m0/s1. The Hall–Kier alpha value is -3.29. The topological polar surface area (TPSA) is 125 Å². The molecule has 2 aromatic rings. The van der Waals surface area contributed by atoms with Crippen molar-refractivity contribution in [3.05, 3.63) is 36.0 Å². The summed E-state index contributed by atoms with van der Waals surface area (Å²) in [5.41, 5.74) is 1.32. The summed E-state index contributed by atoms with van der Waals surface area (Å²) in [6.45, 7) is 0. The van der Waals surface area contributed by atoms with E-state index < -0.39 is 23.7 Å². The number of benzene rings is 1. The van der Waals surface area contributed by atoms with E-state index in [2.05, 4.69) is 15.6 Å². The number of para-hydroxylation sites is 1. The van der Waals surface area contributed by atoms with Crippen molar-refractivity contribution < 1.29 is 24.0 Å². The second-order valence-corrected chi connectivity index (χ2v) is 12.2. The van der Waals surface area contributed by atoms with Crippen LogP contribution >= 0.6 is 0 Å². The van der Waals surface area contributed by atoms with E-state index in [9.17, 15) is 24.0 Å². The summed E-state index contributed by atoms with van der Waals surface area (Å²) < 4.78 is 0. The van der Waals surface area contributed by atoms with Crippen LogP contribution in [0.1, 0.15) is 100 Å². The molecule has 8 nitrogen and oxygen atoms in total. The first-order valence-corrected chi connectivity index (χ1v) is 15.2. The van der Waals surface area contributed by atoms with Crippen molar-refractivity contribution in [2.24, 2.45) is 17.8 Å². The fourth-order valence-corrected chi connectivity index (χ4v) is 6.58. The van der Waals surface area contributed by atoms with Crippen LogP contribution in [0.3, 0.4) is 0 Å². The van der Waals surface area contributed by atoms with Gasteiger partial charge in [-0.2, -0.15) is 0 Å². The number of carbonyl (C=O) groups excluding carboxylic acids is 5. The van der Waals surface area contributed by atoms with E-state index in [0.29, 0.717) is 30.9 Å². The van der Waals surface area contributed by atoms with E-state index in [-0.39, 0.29) is 42.3 Å². The molecule has 3 saturated carbocycles. The van der Waals surface area contributed by atoms with Gasteiger partial charge in [0.15, 0.2) is 5.78 Å². The third-order valence-corrected chi connectivity index (χ3v) is 9.22. The summed E-state index contributed by atoms with van der Waals surface area (Å²) in [6, 6.07) is 8.35. The highest BCUT2D eigenvalue weighted by molar-refractivity contribution is 6.38.